The summed E-state index contributed by atoms with van der Waals surface area (Å²) < 4.78 is 28.1. The zero-order valence-corrected chi connectivity index (χ0v) is 19.8. The Morgan fingerprint density at radius 1 is 0.935 bits per heavy atom. The van der Waals surface area contributed by atoms with Crippen LogP contribution in [0, 0.1) is 11.8 Å². The smallest absolute Gasteiger partial charge is 0.261 e. The van der Waals surface area contributed by atoms with Crippen LogP contribution < -0.4 is 10.0 Å². The topological polar surface area (TPSA) is 75.3 Å². The Hall–Kier alpha value is -2.34. The summed E-state index contributed by atoms with van der Waals surface area (Å²) in [6.45, 7) is 9.23. The Balaban J connectivity index is 1.65. The predicted octanol–water partition coefficient (Wildman–Crippen LogP) is 4.88. The van der Waals surface area contributed by atoms with Crippen molar-refractivity contribution >= 4 is 21.6 Å². The summed E-state index contributed by atoms with van der Waals surface area (Å²) in [6, 6.07) is 14.2. The van der Waals surface area contributed by atoms with Crippen molar-refractivity contribution in [2.45, 2.75) is 63.7 Å². The van der Waals surface area contributed by atoms with Gasteiger partial charge < -0.3 is 5.32 Å². The van der Waals surface area contributed by atoms with Crippen molar-refractivity contribution in [3.8, 4) is 0 Å². The minimum atomic E-state index is -3.66. The minimum Gasteiger partial charge on any atom is -0.355 e. The van der Waals surface area contributed by atoms with Gasteiger partial charge >= 0.3 is 0 Å². The van der Waals surface area contributed by atoms with Gasteiger partial charge in [0.1, 0.15) is 0 Å². The minimum absolute atomic E-state index is 0.0722. The molecule has 0 aromatic heterocycles. The fraction of sp³-hybridized carbons (Fsp3) is 0.480. The van der Waals surface area contributed by atoms with Gasteiger partial charge in [-0.3, -0.25) is 9.52 Å². The third-order valence-electron chi connectivity index (χ3n) is 5.76. The van der Waals surface area contributed by atoms with Crippen LogP contribution in [0.25, 0.3) is 0 Å². The van der Waals surface area contributed by atoms with Crippen LogP contribution in [0.15, 0.2) is 53.4 Å². The van der Waals surface area contributed by atoms with E-state index in [4.69, 9.17) is 0 Å². The quantitative estimate of drug-likeness (QED) is 0.551. The van der Waals surface area contributed by atoms with Gasteiger partial charge in [0.25, 0.3) is 10.0 Å². The second-order valence-corrected chi connectivity index (χ2v) is 11.1. The summed E-state index contributed by atoms with van der Waals surface area (Å²) >= 11 is 0. The van der Waals surface area contributed by atoms with Crippen LogP contribution in [0.5, 0.6) is 0 Å². The van der Waals surface area contributed by atoms with Crippen LogP contribution in [0.2, 0.25) is 0 Å². The molecule has 1 amide bonds. The lowest BCUT2D eigenvalue weighted by atomic mass is 9.94. The molecule has 2 aromatic carbocycles. The van der Waals surface area contributed by atoms with E-state index in [1.54, 1.807) is 24.3 Å². The van der Waals surface area contributed by atoms with Crippen LogP contribution in [0.4, 0.5) is 5.69 Å². The highest BCUT2D eigenvalue weighted by Gasteiger charge is 2.51. The maximum Gasteiger partial charge on any atom is 0.261 e. The Kier molecular flexibility index (Phi) is 7.10. The molecule has 0 bridgehead atoms. The molecule has 1 aliphatic carbocycles. The zero-order chi connectivity index (χ0) is 22.6. The first-order chi connectivity index (χ1) is 14.6. The fourth-order valence-corrected chi connectivity index (χ4v) is 4.82. The number of sulfonamides is 1. The summed E-state index contributed by atoms with van der Waals surface area (Å²) in [5, 5.41) is 3.06. The predicted molar refractivity (Wildman–Crippen MR) is 126 cm³/mol. The number of hydrogen-bond acceptors (Lipinski definition) is 3. The molecule has 0 unspecified atom stereocenters. The van der Waals surface area contributed by atoms with Crippen molar-refractivity contribution in [3.63, 3.8) is 0 Å². The van der Waals surface area contributed by atoms with Crippen molar-refractivity contribution in [1.82, 2.24) is 5.32 Å². The van der Waals surface area contributed by atoms with Gasteiger partial charge in [0.15, 0.2) is 0 Å². The van der Waals surface area contributed by atoms with Crippen molar-refractivity contribution in [1.29, 1.82) is 0 Å². The first-order valence-electron chi connectivity index (χ1n) is 11.1. The van der Waals surface area contributed by atoms with Gasteiger partial charge in [-0.2, -0.15) is 0 Å². The average Bonchev–Trinajstić information content (AvgIpc) is 3.50. The molecule has 0 radical (unpaired) electrons. The van der Waals surface area contributed by atoms with Gasteiger partial charge in [0, 0.05) is 12.2 Å². The third kappa shape index (κ3) is 5.88. The van der Waals surface area contributed by atoms with E-state index in [2.05, 4.69) is 37.7 Å². The van der Waals surface area contributed by atoms with Gasteiger partial charge in [-0.05, 0) is 72.9 Å². The highest BCUT2D eigenvalue weighted by Crippen LogP contribution is 2.48. The van der Waals surface area contributed by atoms with Crippen molar-refractivity contribution in [2.75, 3.05) is 11.3 Å². The zero-order valence-electron chi connectivity index (χ0n) is 18.9. The Bertz CT molecular complexity index is 990. The van der Waals surface area contributed by atoms with Gasteiger partial charge in [-0.25, -0.2) is 8.42 Å². The molecule has 31 heavy (non-hydrogen) atoms. The van der Waals surface area contributed by atoms with Crippen LogP contribution in [0.1, 0.15) is 58.1 Å². The molecular formula is C25H34N2O3S. The van der Waals surface area contributed by atoms with Crippen molar-refractivity contribution in [3.05, 3.63) is 59.7 Å². The lowest BCUT2D eigenvalue weighted by molar-refractivity contribution is -0.123. The lowest BCUT2D eigenvalue weighted by Gasteiger charge is -2.17. The van der Waals surface area contributed by atoms with Crippen molar-refractivity contribution in [2.24, 2.45) is 11.8 Å². The largest absolute Gasteiger partial charge is 0.355 e. The van der Waals surface area contributed by atoms with E-state index in [9.17, 15) is 13.2 Å². The number of carbonyl (C=O) groups is 1. The molecule has 0 heterocycles. The third-order valence-corrected chi connectivity index (χ3v) is 7.16. The standard InChI is InChI=1S/C25H34N2O3S/c1-18(2)13-16-26-24(28)25(14-15-25)21-7-9-22(10-8-21)27-31(29,30)23-11-5-20(6-12-23)17-19(3)4/h5-12,18-19,27H,13-17H2,1-4H3,(H,26,28). The molecule has 168 valence electrons. The molecule has 3 rings (SSSR count). The summed E-state index contributed by atoms with van der Waals surface area (Å²) in [5.74, 6) is 1.14. The van der Waals surface area contributed by atoms with Crippen LogP contribution in [-0.2, 0) is 26.7 Å². The Morgan fingerprint density at radius 2 is 1.55 bits per heavy atom. The normalized spacial score (nSPS) is 15.2. The Morgan fingerprint density at radius 3 is 2.06 bits per heavy atom. The van der Waals surface area contributed by atoms with Crippen LogP contribution >= 0.6 is 0 Å². The van der Waals surface area contributed by atoms with Crippen LogP contribution in [0.3, 0.4) is 0 Å². The maximum absolute atomic E-state index is 12.7. The summed E-state index contributed by atoms with van der Waals surface area (Å²) in [5.41, 5.74) is 2.10. The summed E-state index contributed by atoms with van der Waals surface area (Å²) in [7, 11) is -3.66. The highest BCUT2D eigenvalue weighted by molar-refractivity contribution is 7.92. The SMILES string of the molecule is CC(C)CCNC(=O)C1(c2ccc(NS(=O)(=O)c3ccc(CC(C)C)cc3)cc2)CC1. The van der Waals surface area contributed by atoms with Crippen LogP contribution in [-0.4, -0.2) is 20.9 Å². The maximum atomic E-state index is 12.7. The van der Waals surface area contributed by atoms with Gasteiger partial charge in [-0.1, -0.05) is 52.0 Å². The molecular weight excluding hydrogens is 408 g/mol. The average molecular weight is 443 g/mol. The number of nitrogens with one attached hydrogen (secondary N) is 2. The molecule has 0 spiro atoms. The summed E-state index contributed by atoms with van der Waals surface area (Å²) in [4.78, 5) is 12.9. The van der Waals surface area contributed by atoms with E-state index in [0.29, 0.717) is 24.1 Å². The molecule has 5 nitrogen and oxygen atoms in total. The Labute approximate surface area is 186 Å². The molecule has 6 heteroatoms. The van der Waals surface area contributed by atoms with E-state index in [1.165, 1.54) is 0 Å². The molecule has 0 atom stereocenters. The number of hydrogen-bond donors (Lipinski definition) is 2. The van der Waals surface area contributed by atoms with E-state index < -0.39 is 15.4 Å². The molecule has 2 N–H and O–H groups in total. The van der Waals surface area contributed by atoms with E-state index >= 15 is 0 Å². The van der Waals surface area contributed by atoms with Gasteiger partial charge in [-0.15, -0.1) is 0 Å². The number of anilines is 1. The molecule has 0 aliphatic heterocycles. The molecule has 0 saturated heterocycles. The van der Waals surface area contributed by atoms with E-state index in [0.717, 1.165) is 36.8 Å². The first-order valence-corrected chi connectivity index (χ1v) is 12.6. The molecule has 1 saturated carbocycles. The second kappa shape index (κ2) is 9.43. The van der Waals surface area contributed by atoms with Crippen molar-refractivity contribution < 1.29 is 13.2 Å². The fourth-order valence-electron chi connectivity index (χ4n) is 3.76. The summed E-state index contributed by atoms with van der Waals surface area (Å²) in [6.07, 6.45) is 3.53. The van der Waals surface area contributed by atoms with E-state index in [1.807, 2.05) is 24.3 Å². The highest BCUT2D eigenvalue weighted by atomic mass is 32.2. The molecule has 1 aliphatic rings. The van der Waals surface area contributed by atoms with E-state index in [-0.39, 0.29) is 10.8 Å². The monoisotopic (exact) mass is 442 g/mol. The lowest BCUT2D eigenvalue weighted by Crippen LogP contribution is -2.35. The molecule has 2 aromatic rings. The van der Waals surface area contributed by atoms with Gasteiger partial charge in [0.2, 0.25) is 5.91 Å². The number of rotatable bonds is 10. The second-order valence-electron chi connectivity index (χ2n) is 9.45. The van der Waals surface area contributed by atoms with Gasteiger partial charge in [0.05, 0.1) is 10.3 Å². The number of amides is 1. The first kappa shape index (κ1) is 23.3. The number of benzene rings is 2. The molecule has 1 fully saturated rings. The number of carbonyl (C=O) groups excluding carboxylic acids is 1.